The number of carbonyl (C=O) groups is 2. The number of hydrogen-bond acceptors (Lipinski definition) is 6. The second-order valence-electron chi connectivity index (χ2n) is 6.99. The first-order valence-electron chi connectivity index (χ1n) is 10.1. The van der Waals surface area contributed by atoms with Crippen LogP contribution in [0.15, 0.2) is 72.9 Å². The van der Waals surface area contributed by atoms with E-state index in [0.717, 1.165) is 11.4 Å². The van der Waals surface area contributed by atoms with Crippen molar-refractivity contribution in [1.29, 1.82) is 0 Å². The van der Waals surface area contributed by atoms with Gasteiger partial charge in [-0.1, -0.05) is 12.1 Å². The zero-order chi connectivity index (χ0) is 22.8. The average Bonchev–Trinajstić information content (AvgIpc) is 2.81. The van der Waals surface area contributed by atoms with Gasteiger partial charge in [-0.25, -0.2) is 0 Å². The van der Waals surface area contributed by atoms with Crippen LogP contribution in [0.5, 0.6) is 11.5 Å². The Morgan fingerprint density at radius 3 is 2.50 bits per heavy atom. The topological polar surface area (TPSA) is 78.4 Å². The minimum atomic E-state index is -0.297. The van der Waals surface area contributed by atoms with Gasteiger partial charge in [-0.2, -0.15) is 0 Å². The quantitative estimate of drug-likeness (QED) is 0.346. The van der Waals surface area contributed by atoms with E-state index in [4.69, 9.17) is 9.47 Å². The molecule has 0 radical (unpaired) electrons. The van der Waals surface area contributed by atoms with E-state index < -0.39 is 0 Å². The molecule has 0 aliphatic rings. The normalized spacial score (nSPS) is 11.1. The molecule has 0 spiro atoms. The lowest BCUT2D eigenvalue weighted by Crippen LogP contribution is -2.02. The summed E-state index contributed by atoms with van der Waals surface area (Å²) in [7, 11) is 1.55. The van der Waals surface area contributed by atoms with Crippen molar-refractivity contribution >= 4 is 23.7 Å². The molecule has 162 valence electrons. The molecule has 6 heteroatoms. The molecular weight excluding hydrogens is 404 g/mol. The highest BCUT2D eigenvalue weighted by Crippen LogP contribution is 2.26. The summed E-state index contributed by atoms with van der Waals surface area (Å²) in [6.07, 6.45) is 7.49. The molecule has 6 nitrogen and oxygen atoms in total. The Kier molecular flexibility index (Phi) is 8.03. The lowest BCUT2D eigenvalue weighted by atomic mass is 10.1. The van der Waals surface area contributed by atoms with Crippen molar-refractivity contribution in [1.82, 2.24) is 9.97 Å². The van der Waals surface area contributed by atoms with Crippen LogP contribution in [0.4, 0.5) is 0 Å². The number of aryl methyl sites for hydroxylation is 1. The number of methoxy groups -OCH3 is 1. The monoisotopic (exact) mass is 428 g/mol. The third kappa shape index (κ3) is 7.02. The van der Waals surface area contributed by atoms with Crippen LogP contribution in [0, 0.1) is 6.92 Å². The molecule has 0 aliphatic carbocycles. The van der Waals surface area contributed by atoms with Gasteiger partial charge in [0.2, 0.25) is 0 Å². The minimum absolute atomic E-state index is 0.216. The van der Waals surface area contributed by atoms with E-state index in [2.05, 4.69) is 9.97 Å². The standard InChI is InChI=1S/C26H24N2O4/c1-19-6-5-8-21(28-19)11-13-24(30)16-23(29)12-9-20-10-14-25(17-26(20)31-2)32-18-22-7-3-4-15-27-22/h3-15,17H,16,18H2,1-2H3/b12-9+,13-11+. The summed E-state index contributed by atoms with van der Waals surface area (Å²) < 4.78 is 11.2. The Morgan fingerprint density at radius 2 is 1.78 bits per heavy atom. The van der Waals surface area contributed by atoms with Gasteiger partial charge in [-0.05, 0) is 67.6 Å². The number of benzene rings is 1. The fourth-order valence-electron chi connectivity index (χ4n) is 2.87. The lowest BCUT2D eigenvalue weighted by molar-refractivity contribution is -0.121. The van der Waals surface area contributed by atoms with Gasteiger partial charge in [-0.15, -0.1) is 0 Å². The highest BCUT2D eigenvalue weighted by Gasteiger charge is 2.07. The summed E-state index contributed by atoms with van der Waals surface area (Å²) >= 11 is 0. The van der Waals surface area contributed by atoms with E-state index in [1.54, 1.807) is 49.7 Å². The van der Waals surface area contributed by atoms with Gasteiger partial charge >= 0.3 is 0 Å². The van der Waals surface area contributed by atoms with E-state index in [1.807, 2.05) is 37.3 Å². The van der Waals surface area contributed by atoms with Crippen molar-refractivity contribution in [2.75, 3.05) is 7.11 Å². The van der Waals surface area contributed by atoms with Gasteiger partial charge in [0.15, 0.2) is 11.6 Å². The van der Waals surface area contributed by atoms with Gasteiger partial charge < -0.3 is 9.47 Å². The van der Waals surface area contributed by atoms with Crippen LogP contribution in [-0.4, -0.2) is 28.6 Å². The molecule has 0 amide bonds. The van der Waals surface area contributed by atoms with Gasteiger partial charge in [0.05, 0.1) is 24.9 Å². The van der Waals surface area contributed by atoms with Crippen LogP contribution in [-0.2, 0) is 16.2 Å². The summed E-state index contributed by atoms with van der Waals surface area (Å²) in [6, 6.07) is 16.5. The van der Waals surface area contributed by atoms with Crippen LogP contribution < -0.4 is 9.47 Å². The lowest BCUT2D eigenvalue weighted by Gasteiger charge is -2.09. The Labute approximate surface area is 187 Å². The molecule has 0 aliphatic heterocycles. The summed E-state index contributed by atoms with van der Waals surface area (Å²) in [6.45, 7) is 2.21. The number of ketones is 2. The van der Waals surface area contributed by atoms with Gasteiger partial charge in [0.25, 0.3) is 0 Å². The Balaban J connectivity index is 1.57. The number of allylic oxidation sites excluding steroid dienone is 2. The third-order valence-corrected chi connectivity index (χ3v) is 4.46. The van der Waals surface area contributed by atoms with E-state index in [9.17, 15) is 9.59 Å². The predicted octanol–water partition coefficient (Wildman–Crippen LogP) is 4.63. The molecule has 0 bridgehead atoms. The average molecular weight is 428 g/mol. The molecule has 2 heterocycles. The fourth-order valence-corrected chi connectivity index (χ4v) is 2.87. The number of rotatable bonds is 10. The van der Waals surface area contributed by atoms with Crippen LogP contribution >= 0.6 is 0 Å². The molecule has 3 rings (SSSR count). The Morgan fingerprint density at radius 1 is 0.969 bits per heavy atom. The molecule has 0 N–H and O–H groups in total. The molecule has 2 aromatic heterocycles. The zero-order valence-corrected chi connectivity index (χ0v) is 18.0. The molecular formula is C26H24N2O4. The molecule has 32 heavy (non-hydrogen) atoms. The molecule has 0 saturated carbocycles. The Bertz CT molecular complexity index is 1140. The summed E-state index contributed by atoms with van der Waals surface area (Å²) in [5.41, 5.74) is 3.06. The number of hydrogen-bond donors (Lipinski definition) is 0. The van der Waals surface area contributed by atoms with Crippen LogP contribution in [0.25, 0.3) is 12.2 Å². The maximum Gasteiger partial charge on any atom is 0.163 e. The maximum atomic E-state index is 12.2. The predicted molar refractivity (Wildman–Crippen MR) is 123 cm³/mol. The molecule has 1 aromatic carbocycles. The van der Waals surface area contributed by atoms with Crippen molar-refractivity contribution < 1.29 is 19.1 Å². The van der Waals surface area contributed by atoms with Crippen molar-refractivity contribution in [3.63, 3.8) is 0 Å². The summed E-state index contributed by atoms with van der Waals surface area (Å²) in [4.78, 5) is 32.8. The van der Waals surface area contributed by atoms with E-state index in [-0.39, 0.29) is 18.0 Å². The number of aromatic nitrogens is 2. The highest BCUT2D eigenvalue weighted by molar-refractivity contribution is 6.10. The van der Waals surface area contributed by atoms with Gasteiger partial charge in [0.1, 0.15) is 18.1 Å². The fraction of sp³-hybridized carbons (Fsp3) is 0.154. The first kappa shape index (κ1) is 22.6. The van der Waals surface area contributed by atoms with Crippen LogP contribution in [0.3, 0.4) is 0 Å². The molecule has 3 aromatic rings. The smallest absolute Gasteiger partial charge is 0.163 e. The first-order valence-corrected chi connectivity index (χ1v) is 10.1. The van der Waals surface area contributed by atoms with Crippen molar-refractivity contribution in [3.8, 4) is 11.5 Å². The summed E-state index contributed by atoms with van der Waals surface area (Å²) in [5.74, 6) is 0.605. The third-order valence-electron chi connectivity index (χ3n) is 4.46. The number of pyridine rings is 2. The second kappa shape index (κ2) is 11.4. The molecule has 0 fully saturated rings. The number of carbonyl (C=O) groups excluding carboxylic acids is 2. The molecule has 0 unspecified atom stereocenters. The van der Waals surface area contributed by atoms with Crippen molar-refractivity contribution in [2.24, 2.45) is 0 Å². The van der Waals surface area contributed by atoms with Crippen molar-refractivity contribution in [3.05, 3.63) is 95.6 Å². The molecule has 0 saturated heterocycles. The zero-order valence-electron chi connectivity index (χ0n) is 18.0. The van der Waals surface area contributed by atoms with Crippen LogP contribution in [0.2, 0.25) is 0 Å². The molecule has 0 atom stereocenters. The Hall–Kier alpha value is -4.06. The van der Waals surface area contributed by atoms with Gasteiger partial charge in [-0.3, -0.25) is 19.6 Å². The van der Waals surface area contributed by atoms with Gasteiger partial charge in [0, 0.05) is 23.5 Å². The first-order chi connectivity index (χ1) is 15.5. The minimum Gasteiger partial charge on any atom is -0.496 e. The number of ether oxygens (including phenoxy) is 2. The van der Waals surface area contributed by atoms with Crippen LogP contribution in [0.1, 0.15) is 29.1 Å². The summed E-state index contributed by atoms with van der Waals surface area (Å²) in [5, 5.41) is 0. The maximum absolute atomic E-state index is 12.2. The van der Waals surface area contributed by atoms with E-state index in [0.29, 0.717) is 29.4 Å². The second-order valence-corrected chi connectivity index (χ2v) is 6.99. The highest BCUT2D eigenvalue weighted by atomic mass is 16.5. The number of nitrogens with zero attached hydrogens (tertiary/aromatic N) is 2. The van der Waals surface area contributed by atoms with E-state index in [1.165, 1.54) is 12.2 Å². The van der Waals surface area contributed by atoms with E-state index >= 15 is 0 Å². The largest absolute Gasteiger partial charge is 0.496 e. The van der Waals surface area contributed by atoms with Crippen molar-refractivity contribution in [2.45, 2.75) is 20.0 Å². The SMILES string of the molecule is COc1cc(OCc2ccccn2)ccc1/C=C/C(=O)CC(=O)/C=C/c1cccc(C)n1.